The van der Waals surface area contributed by atoms with Crippen molar-refractivity contribution in [3.8, 4) is 5.75 Å². The van der Waals surface area contributed by atoms with Gasteiger partial charge < -0.3 is 14.0 Å². The molecule has 1 heterocycles. The smallest absolute Gasteiger partial charge is 0.325 e. The van der Waals surface area contributed by atoms with E-state index in [0.717, 1.165) is 35.9 Å². The Hall–Kier alpha value is -3.02. The lowest BCUT2D eigenvalue weighted by Crippen LogP contribution is -2.33. The van der Waals surface area contributed by atoms with E-state index in [1.807, 2.05) is 32.9 Å². The second-order valence-electron chi connectivity index (χ2n) is 8.66. The average Bonchev–Trinajstić information content (AvgIpc) is 3.24. The number of esters is 1. The molecule has 0 atom stereocenters. The van der Waals surface area contributed by atoms with E-state index in [1.54, 1.807) is 10.6 Å². The summed E-state index contributed by atoms with van der Waals surface area (Å²) in [6.45, 7) is 7.27. The molecule has 2 aromatic carbocycles. The summed E-state index contributed by atoms with van der Waals surface area (Å²) in [4.78, 5) is 29.9. The van der Waals surface area contributed by atoms with Crippen molar-refractivity contribution >= 4 is 43.5 Å². The van der Waals surface area contributed by atoms with E-state index >= 15 is 0 Å². The zero-order valence-electron chi connectivity index (χ0n) is 22.3. The van der Waals surface area contributed by atoms with Crippen LogP contribution in [0, 0.1) is 0 Å². The Kier molecular flexibility index (Phi) is 10.6. The molecule has 1 amide bonds. The molecule has 0 N–H and O–H groups in total. The van der Waals surface area contributed by atoms with Crippen LogP contribution in [-0.4, -0.2) is 56.0 Å². The number of hydrogen-bond donors (Lipinski definition) is 0. The first-order chi connectivity index (χ1) is 18.2. The molecule has 0 saturated heterocycles. The standard InChI is InChI=1S/C27H35N3O6S2/c1-5-8-16-29(17-9-6-2)38(33,34)22-13-10-20(11-14-22)26(32)28-27-30(19-25(31)35-4)23-15-12-21(36-7-3)18-24(23)37-27/h10-15,18H,5-9,16-17,19H2,1-4H3. The maximum absolute atomic E-state index is 13.2. The Morgan fingerprint density at radius 3 is 2.24 bits per heavy atom. The molecule has 0 fully saturated rings. The maximum atomic E-state index is 13.2. The zero-order chi connectivity index (χ0) is 27.7. The van der Waals surface area contributed by atoms with Gasteiger partial charge in [-0.2, -0.15) is 9.30 Å². The van der Waals surface area contributed by atoms with Gasteiger partial charge in [-0.15, -0.1) is 0 Å². The molecule has 38 heavy (non-hydrogen) atoms. The number of rotatable bonds is 13. The molecule has 9 nitrogen and oxygen atoms in total. The number of carbonyl (C=O) groups excluding carboxylic acids is 2. The first-order valence-corrected chi connectivity index (χ1v) is 15.0. The summed E-state index contributed by atoms with van der Waals surface area (Å²) < 4.78 is 40.8. The molecule has 11 heteroatoms. The molecule has 0 aliphatic rings. The van der Waals surface area contributed by atoms with Crippen LogP contribution < -0.4 is 9.54 Å². The Balaban J connectivity index is 1.95. The highest BCUT2D eigenvalue weighted by Crippen LogP contribution is 2.24. The highest BCUT2D eigenvalue weighted by molar-refractivity contribution is 7.89. The van der Waals surface area contributed by atoms with E-state index in [2.05, 4.69) is 4.99 Å². The van der Waals surface area contributed by atoms with Gasteiger partial charge in [0.1, 0.15) is 12.3 Å². The molecule has 0 spiro atoms. The van der Waals surface area contributed by atoms with E-state index < -0.39 is 21.9 Å². The molecule has 3 aromatic rings. The van der Waals surface area contributed by atoms with Gasteiger partial charge in [-0.25, -0.2) is 8.42 Å². The fourth-order valence-electron chi connectivity index (χ4n) is 3.83. The SMILES string of the molecule is CCCCN(CCCC)S(=O)(=O)c1ccc(C(=O)N=c2sc3cc(OCC)ccc3n2CC(=O)OC)cc1. The number of aromatic nitrogens is 1. The van der Waals surface area contributed by atoms with Crippen molar-refractivity contribution in [1.82, 2.24) is 8.87 Å². The van der Waals surface area contributed by atoms with Crippen LogP contribution in [0.4, 0.5) is 0 Å². The Morgan fingerprint density at radius 2 is 1.66 bits per heavy atom. The van der Waals surface area contributed by atoms with Crippen molar-refractivity contribution in [1.29, 1.82) is 0 Å². The number of nitrogens with zero attached hydrogens (tertiary/aromatic N) is 3. The second kappa shape index (κ2) is 13.7. The Bertz CT molecular complexity index is 1420. The largest absolute Gasteiger partial charge is 0.494 e. The highest BCUT2D eigenvalue weighted by atomic mass is 32.2. The number of methoxy groups -OCH3 is 1. The lowest BCUT2D eigenvalue weighted by Gasteiger charge is -2.22. The van der Waals surface area contributed by atoms with Crippen molar-refractivity contribution in [3.63, 3.8) is 0 Å². The quantitative estimate of drug-likeness (QED) is 0.282. The number of unbranched alkanes of at least 4 members (excludes halogenated alkanes) is 2. The molecule has 3 rings (SSSR count). The molecule has 0 aliphatic heterocycles. The lowest BCUT2D eigenvalue weighted by molar-refractivity contribution is -0.141. The number of ether oxygens (including phenoxy) is 2. The van der Waals surface area contributed by atoms with Crippen LogP contribution in [0.3, 0.4) is 0 Å². The molecular formula is C27H35N3O6S2. The van der Waals surface area contributed by atoms with Crippen molar-refractivity contribution in [2.45, 2.75) is 57.9 Å². The molecule has 206 valence electrons. The first-order valence-electron chi connectivity index (χ1n) is 12.8. The van der Waals surface area contributed by atoms with Crippen LogP contribution in [0.25, 0.3) is 10.2 Å². The van der Waals surface area contributed by atoms with E-state index in [4.69, 9.17) is 9.47 Å². The number of hydrogen-bond acceptors (Lipinski definition) is 7. The monoisotopic (exact) mass is 561 g/mol. The first kappa shape index (κ1) is 29.5. The van der Waals surface area contributed by atoms with Crippen LogP contribution in [0.5, 0.6) is 5.75 Å². The van der Waals surface area contributed by atoms with Gasteiger partial charge in [0.15, 0.2) is 4.80 Å². The van der Waals surface area contributed by atoms with Gasteiger partial charge in [-0.1, -0.05) is 38.0 Å². The predicted molar refractivity (Wildman–Crippen MR) is 148 cm³/mol. The zero-order valence-corrected chi connectivity index (χ0v) is 23.9. The number of sulfonamides is 1. The number of benzene rings is 2. The molecule has 0 aliphatic carbocycles. The van der Waals surface area contributed by atoms with Crippen molar-refractivity contribution in [2.24, 2.45) is 4.99 Å². The van der Waals surface area contributed by atoms with E-state index in [0.29, 0.717) is 30.2 Å². The Labute approximate surface area is 227 Å². The number of fused-ring (bicyclic) bond motifs is 1. The van der Waals surface area contributed by atoms with Crippen molar-refractivity contribution in [3.05, 3.63) is 52.8 Å². The minimum Gasteiger partial charge on any atom is -0.494 e. The summed E-state index contributed by atoms with van der Waals surface area (Å²) in [7, 11) is -2.37. The second-order valence-corrected chi connectivity index (χ2v) is 11.6. The van der Waals surface area contributed by atoms with E-state index in [9.17, 15) is 18.0 Å². The van der Waals surface area contributed by atoms with Crippen LogP contribution in [0.1, 0.15) is 56.8 Å². The normalized spacial score (nSPS) is 12.3. The molecule has 1 aromatic heterocycles. The lowest BCUT2D eigenvalue weighted by atomic mass is 10.2. The summed E-state index contributed by atoms with van der Waals surface area (Å²) in [6, 6.07) is 11.3. The predicted octanol–water partition coefficient (Wildman–Crippen LogP) is 4.61. The summed E-state index contributed by atoms with van der Waals surface area (Å²) >= 11 is 1.25. The number of carbonyl (C=O) groups is 2. The topological polar surface area (TPSA) is 107 Å². The van der Waals surface area contributed by atoms with E-state index in [1.165, 1.54) is 47.0 Å². The number of thiazole rings is 1. The number of amides is 1. The van der Waals surface area contributed by atoms with Crippen LogP contribution >= 0.6 is 11.3 Å². The molecular weight excluding hydrogens is 526 g/mol. The third-order valence-electron chi connectivity index (χ3n) is 5.94. The molecule has 0 bridgehead atoms. The Morgan fingerprint density at radius 1 is 1.00 bits per heavy atom. The van der Waals surface area contributed by atoms with Gasteiger partial charge in [0.05, 0.1) is 28.8 Å². The minimum absolute atomic E-state index is 0.112. The van der Waals surface area contributed by atoms with Gasteiger partial charge in [0.2, 0.25) is 10.0 Å². The average molecular weight is 562 g/mol. The molecule has 0 saturated carbocycles. The van der Waals surface area contributed by atoms with Gasteiger partial charge in [-0.05, 0) is 62.2 Å². The van der Waals surface area contributed by atoms with Crippen molar-refractivity contribution in [2.75, 3.05) is 26.8 Å². The third-order valence-corrected chi connectivity index (χ3v) is 8.89. The third kappa shape index (κ3) is 7.09. The van der Waals surface area contributed by atoms with Crippen LogP contribution in [0.15, 0.2) is 52.4 Å². The summed E-state index contributed by atoms with van der Waals surface area (Å²) in [5.41, 5.74) is 0.964. The van der Waals surface area contributed by atoms with Gasteiger partial charge in [-0.3, -0.25) is 9.59 Å². The van der Waals surface area contributed by atoms with Crippen LogP contribution in [-0.2, 0) is 26.1 Å². The van der Waals surface area contributed by atoms with Crippen molar-refractivity contribution < 1.29 is 27.5 Å². The van der Waals surface area contributed by atoms with Gasteiger partial charge >= 0.3 is 5.97 Å². The van der Waals surface area contributed by atoms with Gasteiger partial charge in [0.25, 0.3) is 5.91 Å². The van der Waals surface area contributed by atoms with Crippen LogP contribution in [0.2, 0.25) is 0 Å². The minimum atomic E-state index is -3.67. The highest BCUT2D eigenvalue weighted by Gasteiger charge is 2.24. The maximum Gasteiger partial charge on any atom is 0.325 e. The fraction of sp³-hybridized carbons (Fsp3) is 0.444. The fourth-order valence-corrected chi connectivity index (χ4v) is 6.41. The molecule has 0 unspecified atom stereocenters. The summed E-state index contributed by atoms with van der Waals surface area (Å²) in [5, 5.41) is 0. The summed E-state index contributed by atoms with van der Waals surface area (Å²) in [6.07, 6.45) is 3.36. The molecule has 0 radical (unpaired) electrons. The van der Waals surface area contributed by atoms with E-state index in [-0.39, 0.29) is 17.0 Å². The van der Waals surface area contributed by atoms with Gasteiger partial charge in [0, 0.05) is 18.7 Å². The summed E-state index contributed by atoms with van der Waals surface area (Å²) in [5.74, 6) is -0.344.